The van der Waals surface area contributed by atoms with Crippen LogP contribution in [-0.4, -0.2) is 34.2 Å². The lowest BCUT2D eigenvalue weighted by Gasteiger charge is -2.31. The van der Waals surface area contributed by atoms with Crippen molar-refractivity contribution in [2.45, 2.75) is 30.2 Å². The largest absolute Gasteiger partial charge is 0.443 e. The van der Waals surface area contributed by atoms with Crippen LogP contribution in [0.5, 0.6) is 0 Å². The van der Waals surface area contributed by atoms with Crippen molar-refractivity contribution in [1.82, 2.24) is 4.98 Å². The summed E-state index contributed by atoms with van der Waals surface area (Å²) in [4.78, 5) is 2.44. The van der Waals surface area contributed by atoms with E-state index in [1.54, 1.807) is 5.32 Å². The third kappa shape index (κ3) is 4.29. The van der Waals surface area contributed by atoms with E-state index in [0.29, 0.717) is 12.1 Å². The lowest BCUT2D eigenvalue weighted by atomic mass is 9.97. The van der Waals surface area contributed by atoms with E-state index in [-0.39, 0.29) is 6.20 Å². The van der Waals surface area contributed by atoms with Crippen LogP contribution < -0.4 is 5.32 Å². The Morgan fingerprint density at radius 2 is 1.40 bits per heavy atom. The summed E-state index contributed by atoms with van der Waals surface area (Å²) in [7, 11) is 0. The first-order valence-electron chi connectivity index (χ1n) is 6.99. The number of allylic oxidation sites excluding steroid dienone is 1. The molecule has 0 amide bonds. The van der Waals surface area contributed by atoms with Crippen LogP contribution in [0.3, 0.4) is 0 Å². The molecule has 0 aromatic carbocycles. The summed E-state index contributed by atoms with van der Waals surface area (Å²) in [5.41, 5.74) is -6.92. The average Bonchev–Trinajstić information content (AvgIpc) is 2.93. The van der Waals surface area contributed by atoms with Crippen LogP contribution in [0.15, 0.2) is 34.1 Å². The molecule has 168 valence electrons. The number of hydrogen-bond donors (Lipinski definition) is 1. The van der Waals surface area contributed by atoms with Crippen molar-refractivity contribution in [3.8, 4) is 0 Å². The first kappa shape index (κ1) is 24.1. The van der Waals surface area contributed by atoms with Crippen molar-refractivity contribution in [2.75, 3.05) is 5.32 Å². The molecule has 3 nitrogen and oxygen atoms in total. The van der Waals surface area contributed by atoms with Crippen molar-refractivity contribution in [3.05, 3.63) is 34.6 Å². The molecule has 0 spiro atoms. The molecular weight excluding hydrogens is 477 g/mol. The van der Waals surface area contributed by atoms with Gasteiger partial charge in [0.25, 0.3) is 5.54 Å². The standard InChI is InChI=1S/C13H4F13N3S/c14-6(11(18,19)20)7-9(12(21,22)23,13(24,25)26)29-8(30-7)28-5-2-1-4(3-27-5)10(15,16)17/h1-3H,(H,27,28,29)/b7-6+. The van der Waals surface area contributed by atoms with Gasteiger partial charge in [0.15, 0.2) is 5.17 Å². The van der Waals surface area contributed by atoms with E-state index in [0.717, 1.165) is 0 Å². The van der Waals surface area contributed by atoms with Gasteiger partial charge in [0.2, 0.25) is 5.83 Å². The summed E-state index contributed by atoms with van der Waals surface area (Å²) >= 11 is -0.968. The molecule has 1 aromatic heterocycles. The quantitative estimate of drug-likeness (QED) is 0.484. The zero-order valence-corrected chi connectivity index (χ0v) is 14.3. The highest BCUT2D eigenvalue weighted by Crippen LogP contribution is 2.59. The molecule has 0 unspecified atom stereocenters. The minimum absolute atomic E-state index is 0.149. The number of alkyl halides is 12. The van der Waals surface area contributed by atoms with Crippen molar-refractivity contribution < 1.29 is 57.1 Å². The predicted molar refractivity (Wildman–Crippen MR) is 76.9 cm³/mol. The Morgan fingerprint density at radius 1 is 0.867 bits per heavy atom. The van der Waals surface area contributed by atoms with Gasteiger partial charge in [0.1, 0.15) is 5.82 Å². The predicted octanol–water partition coefficient (Wildman–Crippen LogP) is 6.22. The van der Waals surface area contributed by atoms with Gasteiger partial charge < -0.3 is 5.32 Å². The number of hydrogen-bond acceptors (Lipinski definition) is 4. The number of rotatable bonds is 1. The minimum atomic E-state index is -6.55. The van der Waals surface area contributed by atoms with Crippen LogP contribution in [0.4, 0.5) is 62.9 Å². The van der Waals surface area contributed by atoms with Gasteiger partial charge in [0, 0.05) is 6.20 Å². The fourth-order valence-corrected chi connectivity index (χ4v) is 3.23. The molecule has 0 atom stereocenters. The van der Waals surface area contributed by atoms with E-state index in [4.69, 9.17) is 0 Å². The number of nitrogens with zero attached hydrogens (tertiary/aromatic N) is 2. The van der Waals surface area contributed by atoms with Gasteiger partial charge in [-0.25, -0.2) is 14.4 Å². The third-order valence-corrected chi connectivity index (χ3v) is 4.46. The third-order valence-electron chi connectivity index (χ3n) is 3.39. The second-order valence-corrected chi connectivity index (χ2v) is 6.42. The Kier molecular flexibility index (Phi) is 5.77. The van der Waals surface area contributed by atoms with E-state index in [1.807, 2.05) is 0 Å². The molecule has 17 heteroatoms. The molecule has 2 heterocycles. The molecular formula is C13H4F13N3S. The molecule has 0 saturated carbocycles. The van der Waals surface area contributed by atoms with Crippen molar-refractivity contribution in [2.24, 2.45) is 4.99 Å². The SMILES string of the molecule is F/C(=C1/SC(Nc2ccc(C(F)(F)F)cn2)=NC1(C(F)(F)F)C(F)(F)F)C(F)(F)F. The van der Waals surface area contributed by atoms with Gasteiger partial charge in [-0.2, -0.15) is 52.7 Å². The average molecular weight is 481 g/mol. The summed E-state index contributed by atoms with van der Waals surface area (Å²) in [6.45, 7) is 0. The van der Waals surface area contributed by atoms with E-state index >= 15 is 0 Å². The van der Waals surface area contributed by atoms with Gasteiger partial charge in [0.05, 0.1) is 10.5 Å². The zero-order valence-electron chi connectivity index (χ0n) is 13.4. The molecule has 1 N–H and O–H groups in total. The van der Waals surface area contributed by atoms with E-state index in [9.17, 15) is 57.1 Å². The fraction of sp³-hybridized carbons (Fsp3) is 0.385. The highest BCUT2D eigenvalue weighted by molar-refractivity contribution is 8.17. The molecule has 1 aliphatic heterocycles. The molecule has 1 aliphatic rings. The second kappa shape index (κ2) is 7.19. The number of aliphatic imine (C=N–C) groups is 1. The molecule has 30 heavy (non-hydrogen) atoms. The Labute approximate surface area is 161 Å². The first-order chi connectivity index (χ1) is 13.3. The zero-order chi connectivity index (χ0) is 23.3. The van der Waals surface area contributed by atoms with Gasteiger partial charge in [-0.3, -0.25) is 0 Å². The summed E-state index contributed by atoms with van der Waals surface area (Å²) in [5.74, 6) is -4.47. The summed E-state index contributed by atoms with van der Waals surface area (Å²) in [6, 6.07) is 0.805. The first-order valence-corrected chi connectivity index (χ1v) is 7.81. The molecule has 0 radical (unpaired) electrons. The lowest BCUT2D eigenvalue weighted by molar-refractivity contribution is -0.280. The molecule has 2 rings (SSSR count). The van der Waals surface area contributed by atoms with Crippen molar-refractivity contribution in [3.63, 3.8) is 0 Å². The number of thioether (sulfide) groups is 1. The van der Waals surface area contributed by atoms with Crippen molar-refractivity contribution >= 4 is 22.7 Å². The number of halogens is 13. The Bertz CT molecular complexity index is 845. The smallest absolute Gasteiger partial charge is 0.319 e. The normalized spacial score (nSPS) is 19.6. The number of amidine groups is 1. The van der Waals surface area contributed by atoms with Crippen LogP contribution in [0.1, 0.15) is 5.56 Å². The highest BCUT2D eigenvalue weighted by atomic mass is 32.2. The fourth-order valence-electron chi connectivity index (χ4n) is 2.07. The summed E-state index contributed by atoms with van der Waals surface area (Å²) in [6.07, 6.45) is -24.0. The van der Waals surface area contributed by atoms with Gasteiger partial charge in [-0.05, 0) is 12.1 Å². The topological polar surface area (TPSA) is 37.3 Å². The molecule has 0 fully saturated rings. The van der Waals surface area contributed by atoms with Crippen LogP contribution in [0.25, 0.3) is 0 Å². The van der Waals surface area contributed by atoms with Gasteiger partial charge in [-0.1, -0.05) is 11.8 Å². The maximum Gasteiger partial charge on any atom is 0.443 e. The number of pyridine rings is 1. The van der Waals surface area contributed by atoms with Crippen LogP contribution in [0.2, 0.25) is 0 Å². The maximum atomic E-state index is 13.6. The van der Waals surface area contributed by atoms with Crippen LogP contribution in [-0.2, 0) is 6.18 Å². The minimum Gasteiger partial charge on any atom is -0.319 e. The maximum absolute atomic E-state index is 13.6. The van der Waals surface area contributed by atoms with Gasteiger partial charge in [-0.15, -0.1) is 0 Å². The summed E-state index contributed by atoms with van der Waals surface area (Å²) in [5, 5.41) is 0.0992. The van der Waals surface area contributed by atoms with Crippen LogP contribution >= 0.6 is 11.8 Å². The number of aromatic nitrogens is 1. The number of nitrogens with one attached hydrogen (secondary N) is 1. The lowest BCUT2D eigenvalue weighted by Crippen LogP contribution is -2.55. The van der Waals surface area contributed by atoms with Crippen molar-refractivity contribution in [1.29, 1.82) is 0 Å². The highest BCUT2D eigenvalue weighted by Gasteiger charge is 2.77. The molecule has 0 saturated heterocycles. The molecule has 1 aromatic rings. The second-order valence-electron chi connectivity index (χ2n) is 5.42. The monoisotopic (exact) mass is 481 g/mol. The van der Waals surface area contributed by atoms with E-state index in [1.165, 1.54) is 0 Å². The van der Waals surface area contributed by atoms with E-state index < -0.39 is 69.3 Å². The number of anilines is 1. The Hall–Kier alpha value is -2.20. The van der Waals surface area contributed by atoms with Crippen LogP contribution in [0, 0.1) is 0 Å². The Balaban J connectivity index is 2.58. The Morgan fingerprint density at radius 3 is 1.77 bits per heavy atom. The molecule has 0 aliphatic carbocycles. The molecule has 0 bridgehead atoms. The van der Waals surface area contributed by atoms with Gasteiger partial charge >= 0.3 is 24.7 Å². The summed E-state index contributed by atoms with van der Waals surface area (Å²) < 4.78 is 168. The van der Waals surface area contributed by atoms with E-state index in [2.05, 4.69) is 9.98 Å².